The fourth-order valence-electron chi connectivity index (χ4n) is 4.01. The summed E-state index contributed by atoms with van der Waals surface area (Å²) in [5.74, 6) is 1.33. The standard InChI is InChI=1S/C19H26N2/c1-13-6-8-16(17(20)11-13)19(2,3)15-7-9-18-14(12-15)5-4-10-21-18/h4-5,7,9-10,12-13,16-17H,6,8,11,20H2,1-3H3. The smallest absolute Gasteiger partial charge is 0.0702 e. The van der Waals surface area contributed by atoms with Gasteiger partial charge in [-0.3, -0.25) is 4.98 Å². The molecule has 0 bridgehead atoms. The van der Waals surface area contributed by atoms with Crippen LogP contribution in [0.5, 0.6) is 0 Å². The lowest BCUT2D eigenvalue weighted by atomic mass is 9.64. The Hall–Kier alpha value is -1.41. The van der Waals surface area contributed by atoms with E-state index in [0.717, 1.165) is 17.9 Å². The van der Waals surface area contributed by atoms with E-state index in [1.54, 1.807) is 0 Å². The largest absolute Gasteiger partial charge is 0.327 e. The van der Waals surface area contributed by atoms with Crippen LogP contribution in [0.3, 0.4) is 0 Å². The lowest BCUT2D eigenvalue weighted by Crippen LogP contribution is -2.45. The highest BCUT2D eigenvalue weighted by Crippen LogP contribution is 2.42. The summed E-state index contributed by atoms with van der Waals surface area (Å²) in [6.07, 6.45) is 5.55. The van der Waals surface area contributed by atoms with Crippen molar-refractivity contribution in [1.82, 2.24) is 4.98 Å². The Morgan fingerprint density at radius 3 is 2.76 bits per heavy atom. The summed E-state index contributed by atoms with van der Waals surface area (Å²) in [6.45, 7) is 7.03. The number of fused-ring (bicyclic) bond motifs is 1. The van der Waals surface area contributed by atoms with Crippen molar-refractivity contribution >= 4 is 10.9 Å². The van der Waals surface area contributed by atoms with Gasteiger partial charge in [0.05, 0.1) is 5.52 Å². The molecule has 3 rings (SSSR count). The molecule has 3 unspecified atom stereocenters. The Kier molecular flexibility index (Phi) is 3.75. The Morgan fingerprint density at radius 1 is 1.19 bits per heavy atom. The van der Waals surface area contributed by atoms with Gasteiger partial charge in [-0.15, -0.1) is 0 Å². The number of benzene rings is 1. The third-order valence-electron chi connectivity index (χ3n) is 5.44. The van der Waals surface area contributed by atoms with Crippen molar-refractivity contribution < 1.29 is 0 Å². The molecule has 2 heteroatoms. The lowest BCUT2D eigenvalue weighted by molar-refractivity contribution is 0.171. The normalized spacial score (nSPS) is 27.0. The first-order valence-electron chi connectivity index (χ1n) is 8.09. The van der Waals surface area contributed by atoms with E-state index >= 15 is 0 Å². The summed E-state index contributed by atoms with van der Waals surface area (Å²) in [5.41, 5.74) is 9.06. The molecule has 2 aromatic rings. The maximum atomic E-state index is 6.49. The van der Waals surface area contributed by atoms with Gasteiger partial charge < -0.3 is 5.73 Å². The average Bonchev–Trinajstić information content (AvgIpc) is 2.46. The van der Waals surface area contributed by atoms with Crippen LogP contribution >= 0.6 is 0 Å². The fraction of sp³-hybridized carbons (Fsp3) is 0.526. The minimum atomic E-state index is 0.115. The van der Waals surface area contributed by atoms with Crippen molar-refractivity contribution in [3.8, 4) is 0 Å². The summed E-state index contributed by atoms with van der Waals surface area (Å²) in [6, 6.07) is 11.1. The van der Waals surface area contributed by atoms with Gasteiger partial charge in [0.1, 0.15) is 0 Å². The fourth-order valence-corrected chi connectivity index (χ4v) is 4.01. The van der Waals surface area contributed by atoms with Crippen molar-refractivity contribution in [2.75, 3.05) is 0 Å². The van der Waals surface area contributed by atoms with Gasteiger partial charge in [-0.05, 0) is 53.9 Å². The molecule has 1 heterocycles. The number of aromatic nitrogens is 1. The maximum Gasteiger partial charge on any atom is 0.0702 e. The molecule has 0 aliphatic heterocycles. The molecule has 1 aliphatic carbocycles. The predicted molar refractivity (Wildman–Crippen MR) is 89.2 cm³/mol. The van der Waals surface area contributed by atoms with Crippen molar-refractivity contribution in [2.24, 2.45) is 17.6 Å². The number of nitrogens with two attached hydrogens (primary N) is 1. The van der Waals surface area contributed by atoms with Gasteiger partial charge in [0.15, 0.2) is 0 Å². The second-order valence-corrected chi connectivity index (χ2v) is 7.32. The van der Waals surface area contributed by atoms with Gasteiger partial charge in [-0.2, -0.15) is 0 Å². The molecule has 2 nitrogen and oxygen atoms in total. The number of hydrogen-bond acceptors (Lipinski definition) is 2. The van der Waals surface area contributed by atoms with Crippen LogP contribution in [-0.4, -0.2) is 11.0 Å². The number of rotatable bonds is 2. The van der Waals surface area contributed by atoms with E-state index in [0.29, 0.717) is 12.0 Å². The van der Waals surface area contributed by atoms with Crippen LogP contribution in [-0.2, 0) is 5.41 Å². The van der Waals surface area contributed by atoms with Crippen LogP contribution in [0.2, 0.25) is 0 Å². The molecule has 0 spiro atoms. The monoisotopic (exact) mass is 282 g/mol. The summed E-state index contributed by atoms with van der Waals surface area (Å²) >= 11 is 0. The van der Waals surface area contributed by atoms with E-state index in [1.807, 2.05) is 12.3 Å². The van der Waals surface area contributed by atoms with Crippen LogP contribution in [0.25, 0.3) is 10.9 Å². The van der Waals surface area contributed by atoms with Crippen LogP contribution in [0.4, 0.5) is 0 Å². The Morgan fingerprint density at radius 2 is 2.00 bits per heavy atom. The van der Waals surface area contributed by atoms with E-state index in [1.165, 1.54) is 23.8 Å². The Labute approximate surface area is 127 Å². The van der Waals surface area contributed by atoms with Gasteiger partial charge in [0, 0.05) is 17.6 Å². The topological polar surface area (TPSA) is 38.9 Å². The molecule has 3 atom stereocenters. The first-order chi connectivity index (χ1) is 9.98. The van der Waals surface area contributed by atoms with Crippen LogP contribution in [0, 0.1) is 11.8 Å². The Bertz CT molecular complexity index is 632. The molecular formula is C19H26N2. The van der Waals surface area contributed by atoms with Gasteiger partial charge in [-0.25, -0.2) is 0 Å². The molecule has 1 aliphatic rings. The molecule has 0 saturated heterocycles. The van der Waals surface area contributed by atoms with Crippen molar-refractivity contribution in [1.29, 1.82) is 0 Å². The molecule has 1 saturated carbocycles. The van der Waals surface area contributed by atoms with Crippen molar-refractivity contribution in [2.45, 2.75) is 51.5 Å². The van der Waals surface area contributed by atoms with Gasteiger partial charge in [0.25, 0.3) is 0 Å². The molecule has 1 aromatic heterocycles. The van der Waals surface area contributed by atoms with Crippen molar-refractivity contribution in [3.63, 3.8) is 0 Å². The zero-order valence-corrected chi connectivity index (χ0v) is 13.3. The average molecular weight is 282 g/mol. The predicted octanol–water partition coefficient (Wildman–Crippen LogP) is 4.28. The third kappa shape index (κ3) is 2.69. The highest BCUT2D eigenvalue weighted by atomic mass is 14.7. The van der Waals surface area contributed by atoms with Gasteiger partial charge in [-0.1, -0.05) is 39.3 Å². The summed E-state index contributed by atoms with van der Waals surface area (Å²) in [7, 11) is 0. The van der Waals surface area contributed by atoms with E-state index in [4.69, 9.17) is 5.73 Å². The zero-order chi connectivity index (χ0) is 15.0. The molecule has 21 heavy (non-hydrogen) atoms. The maximum absolute atomic E-state index is 6.49. The van der Waals surface area contributed by atoms with Gasteiger partial charge in [0.2, 0.25) is 0 Å². The lowest BCUT2D eigenvalue weighted by Gasteiger charge is -2.43. The number of pyridine rings is 1. The van der Waals surface area contributed by atoms with Gasteiger partial charge >= 0.3 is 0 Å². The quantitative estimate of drug-likeness (QED) is 0.893. The first kappa shape index (κ1) is 14.5. The molecule has 0 radical (unpaired) electrons. The highest BCUT2D eigenvalue weighted by molar-refractivity contribution is 5.79. The zero-order valence-electron chi connectivity index (χ0n) is 13.3. The Balaban J connectivity index is 1.95. The van der Waals surface area contributed by atoms with Crippen LogP contribution in [0.1, 0.15) is 45.6 Å². The number of hydrogen-bond donors (Lipinski definition) is 1. The summed E-state index contributed by atoms with van der Waals surface area (Å²) < 4.78 is 0. The minimum absolute atomic E-state index is 0.115. The number of nitrogens with zero attached hydrogens (tertiary/aromatic N) is 1. The highest BCUT2D eigenvalue weighted by Gasteiger charge is 2.38. The minimum Gasteiger partial charge on any atom is -0.327 e. The van der Waals surface area contributed by atoms with Crippen molar-refractivity contribution in [3.05, 3.63) is 42.1 Å². The SMILES string of the molecule is CC1CCC(C(C)(C)c2ccc3ncccc3c2)C(N)C1. The second-order valence-electron chi connectivity index (χ2n) is 7.32. The molecule has 1 aromatic carbocycles. The van der Waals surface area contributed by atoms with Crippen LogP contribution < -0.4 is 5.73 Å². The van der Waals surface area contributed by atoms with E-state index in [-0.39, 0.29) is 5.41 Å². The van der Waals surface area contributed by atoms with E-state index in [9.17, 15) is 0 Å². The summed E-state index contributed by atoms with van der Waals surface area (Å²) in [4.78, 5) is 4.42. The molecule has 0 amide bonds. The van der Waals surface area contributed by atoms with E-state index in [2.05, 4.69) is 50.0 Å². The first-order valence-corrected chi connectivity index (χ1v) is 8.09. The molecule has 2 N–H and O–H groups in total. The molecule has 1 fully saturated rings. The molecular weight excluding hydrogens is 256 g/mol. The molecule has 112 valence electrons. The van der Waals surface area contributed by atoms with Crippen LogP contribution in [0.15, 0.2) is 36.5 Å². The summed E-state index contributed by atoms with van der Waals surface area (Å²) in [5, 5.41) is 1.22. The third-order valence-corrected chi connectivity index (χ3v) is 5.44. The van der Waals surface area contributed by atoms with E-state index < -0.39 is 0 Å². The second kappa shape index (κ2) is 5.42.